The molecule has 1 aromatic carbocycles. The second-order valence-electron chi connectivity index (χ2n) is 6.18. The van der Waals surface area contributed by atoms with Gasteiger partial charge in [0.1, 0.15) is 11.9 Å². The fourth-order valence-electron chi connectivity index (χ4n) is 2.80. The lowest BCUT2D eigenvalue weighted by Crippen LogP contribution is -2.38. The van der Waals surface area contributed by atoms with Crippen LogP contribution in [0, 0.1) is 5.92 Å². The zero-order valence-corrected chi connectivity index (χ0v) is 13.4. The van der Waals surface area contributed by atoms with E-state index in [9.17, 15) is 4.79 Å². The second-order valence-corrected chi connectivity index (χ2v) is 6.18. The van der Waals surface area contributed by atoms with Gasteiger partial charge >= 0.3 is 0 Å². The van der Waals surface area contributed by atoms with Crippen LogP contribution in [0.25, 0.3) is 0 Å². The molecule has 1 fully saturated rings. The summed E-state index contributed by atoms with van der Waals surface area (Å²) in [6, 6.07) is 8.18. The maximum atomic E-state index is 12.2. The molecule has 1 N–H and O–H groups in total. The summed E-state index contributed by atoms with van der Waals surface area (Å²) in [7, 11) is 1.66. The van der Waals surface area contributed by atoms with E-state index in [1.54, 1.807) is 7.11 Å². The number of ether oxygens (including phenoxy) is 1. The van der Waals surface area contributed by atoms with Gasteiger partial charge in [0.15, 0.2) is 0 Å². The Morgan fingerprint density at radius 3 is 2.48 bits per heavy atom. The van der Waals surface area contributed by atoms with Crippen molar-refractivity contribution in [3.05, 3.63) is 29.8 Å². The van der Waals surface area contributed by atoms with E-state index in [1.165, 1.54) is 0 Å². The van der Waals surface area contributed by atoms with Crippen molar-refractivity contribution in [1.82, 2.24) is 10.2 Å². The van der Waals surface area contributed by atoms with Crippen molar-refractivity contribution in [3.63, 3.8) is 0 Å². The third-order valence-corrected chi connectivity index (χ3v) is 4.08. The minimum Gasteiger partial charge on any atom is -0.497 e. The van der Waals surface area contributed by atoms with Gasteiger partial charge in [-0.25, -0.2) is 0 Å². The fourth-order valence-corrected chi connectivity index (χ4v) is 2.80. The Balaban J connectivity index is 2.11. The van der Waals surface area contributed by atoms with Crippen LogP contribution in [0.3, 0.4) is 0 Å². The van der Waals surface area contributed by atoms with Gasteiger partial charge in [0.25, 0.3) is 0 Å². The topological polar surface area (TPSA) is 41.6 Å². The predicted molar refractivity (Wildman–Crippen MR) is 84.1 cm³/mol. The largest absolute Gasteiger partial charge is 0.497 e. The molecule has 0 spiro atoms. The summed E-state index contributed by atoms with van der Waals surface area (Å²) in [5.41, 5.74) is 1.11. The van der Waals surface area contributed by atoms with Crippen LogP contribution in [0.2, 0.25) is 0 Å². The number of hydrogen-bond donors (Lipinski definition) is 1. The van der Waals surface area contributed by atoms with Crippen molar-refractivity contribution in [3.8, 4) is 5.75 Å². The number of hydrogen-bond acceptors (Lipinski definition) is 3. The minimum atomic E-state index is -0.0226. The number of methoxy groups -OCH3 is 1. The molecule has 0 saturated carbocycles. The van der Waals surface area contributed by atoms with E-state index in [0.29, 0.717) is 12.5 Å². The lowest BCUT2D eigenvalue weighted by atomic mass is 10.0. The number of benzene rings is 1. The standard InChI is InChI=1S/C17H26N2O2/c1-12(2)5-6-13(3)19-16(20)11-18-17(19)14-7-9-15(21-4)10-8-14/h7-10,12-13,17-18H,5-6,11H2,1-4H3. The van der Waals surface area contributed by atoms with Crippen molar-refractivity contribution in [1.29, 1.82) is 0 Å². The Labute approximate surface area is 127 Å². The van der Waals surface area contributed by atoms with Crippen molar-refractivity contribution < 1.29 is 9.53 Å². The molecule has 4 heteroatoms. The monoisotopic (exact) mass is 290 g/mol. The molecule has 1 aromatic rings. The second kappa shape index (κ2) is 6.94. The first-order valence-corrected chi connectivity index (χ1v) is 7.71. The van der Waals surface area contributed by atoms with Crippen LogP contribution in [-0.4, -0.2) is 30.5 Å². The molecule has 1 aliphatic rings. The summed E-state index contributed by atoms with van der Waals surface area (Å²) >= 11 is 0. The maximum Gasteiger partial charge on any atom is 0.238 e. The van der Waals surface area contributed by atoms with E-state index in [0.717, 1.165) is 24.2 Å². The maximum absolute atomic E-state index is 12.2. The van der Waals surface area contributed by atoms with Crippen molar-refractivity contribution in [2.45, 2.75) is 45.8 Å². The molecule has 21 heavy (non-hydrogen) atoms. The highest BCUT2D eigenvalue weighted by atomic mass is 16.5. The highest BCUT2D eigenvalue weighted by molar-refractivity contribution is 5.81. The van der Waals surface area contributed by atoms with Crippen LogP contribution in [0.5, 0.6) is 5.75 Å². The number of carbonyl (C=O) groups excluding carboxylic acids is 1. The smallest absolute Gasteiger partial charge is 0.238 e. The third-order valence-electron chi connectivity index (χ3n) is 4.08. The van der Waals surface area contributed by atoms with Crippen LogP contribution in [-0.2, 0) is 4.79 Å². The summed E-state index contributed by atoms with van der Waals surface area (Å²) in [6.07, 6.45) is 2.16. The van der Waals surface area contributed by atoms with Crippen molar-refractivity contribution in [2.24, 2.45) is 5.92 Å². The average Bonchev–Trinajstić information content (AvgIpc) is 2.86. The zero-order chi connectivity index (χ0) is 15.4. The Kier molecular flexibility index (Phi) is 5.23. The van der Waals surface area contributed by atoms with Crippen LogP contribution < -0.4 is 10.1 Å². The van der Waals surface area contributed by atoms with Gasteiger partial charge in [-0.15, -0.1) is 0 Å². The molecule has 2 unspecified atom stereocenters. The quantitative estimate of drug-likeness (QED) is 0.876. The molecule has 0 radical (unpaired) electrons. The Hall–Kier alpha value is -1.55. The molecular formula is C17H26N2O2. The highest BCUT2D eigenvalue weighted by Crippen LogP contribution is 2.28. The molecule has 1 saturated heterocycles. The van der Waals surface area contributed by atoms with Crippen LogP contribution in [0.15, 0.2) is 24.3 Å². The molecule has 1 heterocycles. The third kappa shape index (κ3) is 3.76. The molecule has 0 aliphatic carbocycles. The normalized spacial score (nSPS) is 20.1. The van der Waals surface area contributed by atoms with Gasteiger partial charge in [-0.3, -0.25) is 10.1 Å². The minimum absolute atomic E-state index is 0.0226. The van der Waals surface area contributed by atoms with Gasteiger partial charge in [-0.1, -0.05) is 26.0 Å². The van der Waals surface area contributed by atoms with Gasteiger partial charge in [-0.2, -0.15) is 0 Å². The highest BCUT2D eigenvalue weighted by Gasteiger charge is 2.34. The SMILES string of the molecule is COc1ccc(C2NCC(=O)N2C(C)CCC(C)C)cc1. The summed E-state index contributed by atoms with van der Waals surface area (Å²) < 4.78 is 5.19. The van der Waals surface area contributed by atoms with E-state index in [4.69, 9.17) is 4.74 Å². The van der Waals surface area contributed by atoms with Gasteiger partial charge in [-0.05, 0) is 43.4 Å². The molecule has 4 nitrogen and oxygen atoms in total. The number of rotatable bonds is 6. The predicted octanol–water partition coefficient (Wildman–Crippen LogP) is 2.95. The zero-order valence-electron chi connectivity index (χ0n) is 13.4. The lowest BCUT2D eigenvalue weighted by Gasteiger charge is -2.31. The first-order chi connectivity index (χ1) is 10.0. The Morgan fingerprint density at radius 2 is 1.90 bits per heavy atom. The molecule has 116 valence electrons. The van der Waals surface area contributed by atoms with Crippen molar-refractivity contribution >= 4 is 5.91 Å². The first-order valence-electron chi connectivity index (χ1n) is 7.71. The average molecular weight is 290 g/mol. The van der Waals surface area contributed by atoms with Gasteiger partial charge in [0.2, 0.25) is 5.91 Å². The van der Waals surface area contributed by atoms with E-state index in [2.05, 4.69) is 26.1 Å². The summed E-state index contributed by atoms with van der Waals surface area (Å²) in [5, 5.41) is 3.31. The summed E-state index contributed by atoms with van der Waals surface area (Å²) in [6.45, 7) is 7.00. The van der Waals surface area contributed by atoms with Gasteiger partial charge in [0.05, 0.1) is 13.7 Å². The number of nitrogens with zero attached hydrogens (tertiary/aromatic N) is 1. The Bertz CT molecular complexity index is 470. The van der Waals surface area contributed by atoms with Crippen LogP contribution in [0.1, 0.15) is 45.3 Å². The van der Waals surface area contributed by atoms with Crippen molar-refractivity contribution in [2.75, 3.05) is 13.7 Å². The molecular weight excluding hydrogens is 264 g/mol. The molecule has 1 amide bonds. The fraction of sp³-hybridized carbons (Fsp3) is 0.588. The van der Waals surface area contributed by atoms with E-state index in [-0.39, 0.29) is 18.1 Å². The summed E-state index contributed by atoms with van der Waals surface area (Å²) in [5.74, 6) is 1.69. The number of carbonyl (C=O) groups is 1. The lowest BCUT2D eigenvalue weighted by molar-refractivity contribution is -0.130. The van der Waals surface area contributed by atoms with Crippen LogP contribution in [0.4, 0.5) is 0 Å². The Morgan fingerprint density at radius 1 is 1.24 bits per heavy atom. The van der Waals surface area contributed by atoms with E-state index >= 15 is 0 Å². The molecule has 2 atom stereocenters. The first kappa shape index (κ1) is 15.8. The van der Waals surface area contributed by atoms with Gasteiger partial charge < -0.3 is 9.64 Å². The van der Waals surface area contributed by atoms with E-state index in [1.807, 2.05) is 29.2 Å². The van der Waals surface area contributed by atoms with Gasteiger partial charge in [0, 0.05) is 6.04 Å². The molecule has 2 rings (SSSR count). The summed E-state index contributed by atoms with van der Waals surface area (Å²) in [4.78, 5) is 14.2. The number of nitrogens with one attached hydrogen (secondary N) is 1. The van der Waals surface area contributed by atoms with E-state index < -0.39 is 0 Å². The molecule has 0 bridgehead atoms. The number of amides is 1. The molecule has 1 aliphatic heterocycles. The molecule has 0 aromatic heterocycles. The van der Waals surface area contributed by atoms with Crippen LogP contribution >= 0.6 is 0 Å².